The normalized spacial score (nSPS) is 10.5. The van der Waals surface area contributed by atoms with Crippen molar-refractivity contribution in [3.63, 3.8) is 0 Å². The average Bonchev–Trinajstić information content (AvgIpc) is 2.60. The average molecular weight is 202 g/mol. The van der Waals surface area contributed by atoms with Gasteiger partial charge in [0.1, 0.15) is 5.69 Å². The van der Waals surface area contributed by atoms with Crippen molar-refractivity contribution >= 4 is 0 Å². The van der Waals surface area contributed by atoms with Crippen LogP contribution in [0.25, 0.3) is 5.69 Å². The maximum Gasteiger partial charge on any atom is 0.157 e. The van der Waals surface area contributed by atoms with E-state index in [4.69, 9.17) is 0 Å². The molecule has 3 heteroatoms. The molecule has 0 aliphatic heterocycles. The molecule has 0 amide bonds. The summed E-state index contributed by atoms with van der Waals surface area (Å²) in [7, 11) is 0. The van der Waals surface area contributed by atoms with Crippen LogP contribution in [-0.2, 0) is 6.42 Å². The second-order valence-corrected chi connectivity index (χ2v) is 3.55. The van der Waals surface area contributed by atoms with E-state index in [0.29, 0.717) is 0 Å². The van der Waals surface area contributed by atoms with Crippen LogP contribution in [0.4, 0.5) is 0 Å². The van der Waals surface area contributed by atoms with Gasteiger partial charge >= 0.3 is 0 Å². The van der Waals surface area contributed by atoms with Gasteiger partial charge in [-0.05, 0) is 25.0 Å². The predicted molar refractivity (Wildman–Crippen MR) is 59.3 cm³/mol. The number of aromatic nitrogens is 2. The predicted octanol–water partition coefficient (Wildman–Crippen LogP) is 2.45. The lowest BCUT2D eigenvalue weighted by Crippen LogP contribution is -1.97. The van der Waals surface area contributed by atoms with E-state index in [1.165, 1.54) is 0 Å². The molecule has 0 bridgehead atoms. The fraction of sp³-hybridized carbons (Fsp3) is 0.250. The van der Waals surface area contributed by atoms with Crippen LogP contribution < -0.4 is 0 Å². The highest BCUT2D eigenvalue weighted by atomic mass is 16.3. The van der Waals surface area contributed by atoms with Crippen molar-refractivity contribution < 1.29 is 5.11 Å². The van der Waals surface area contributed by atoms with E-state index in [9.17, 15) is 5.11 Å². The highest BCUT2D eigenvalue weighted by Crippen LogP contribution is 2.20. The van der Waals surface area contributed by atoms with E-state index in [1.807, 2.05) is 38.1 Å². The molecule has 0 saturated carbocycles. The van der Waals surface area contributed by atoms with Crippen LogP contribution in [0, 0.1) is 6.92 Å². The van der Waals surface area contributed by atoms with Crippen molar-refractivity contribution in [1.82, 2.24) is 9.78 Å². The SMILES string of the molecule is CCc1nn(-c2ccccc2C)cc1O. The van der Waals surface area contributed by atoms with Crippen molar-refractivity contribution in [3.05, 3.63) is 41.7 Å². The molecule has 1 heterocycles. The number of hydrogen-bond donors (Lipinski definition) is 1. The lowest BCUT2D eigenvalue weighted by molar-refractivity contribution is 0.469. The monoisotopic (exact) mass is 202 g/mol. The maximum atomic E-state index is 9.60. The van der Waals surface area contributed by atoms with Gasteiger partial charge in [-0.2, -0.15) is 5.10 Å². The molecule has 3 nitrogen and oxygen atoms in total. The van der Waals surface area contributed by atoms with Crippen molar-refractivity contribution in [2.75, 3.05) is 0 Å². The summed E-state index contributed by atoms with van der Waals surface area (Å²) >= 11 is 0. The molecular weight excluding hydrogens is 188 g/mol. The summed E-state index contributed by atoms with van der Waals surface area (Å²) in [6.45, 7) is 4.00. The van der Waals surface area contributed by atoms with Crippen LogP contribution >= 0.6 is 0 Å². The lowest BCUT2D eigenvalue weighted by atomic mass is 10.2. The van der Waals surface area contributed by atoms with Crippen LogP contribution in [0.5, 0.6) is 5.75 Å². The number of rotatable bonds is 2. The van der Waals surface area contributed by atoms with Crippen LogP contribution in [0.15, 0.2) is 30.5 Å². The minimum atomic E-state index is 0.265. The number of hydrogen-bond acceptors (Lipinski definition) is 2. The highest BCUT2D eigenvalue weighted by molar-refractivity contribution is 5.41. The number of aryl methyl sites for hydroxylation is 2. The standard InChI is InChI=1S/C12H14N2O/c1-3-10-12(15)8-14(13-10)11-7-5-4-6-9(11)2/h4-8,15H,3H2,1-2H3. The molecule has 0 aliphatic carbocycles. The maximum absolute atomic E-state index is 9.60. The van der Waals surface area contributed by atoms with E-state index in [1.54, 1.807) is 10.9 Å². The minimum absolute atomic E-state index is 0.265. The summed E-state index contributed by atoms with van der Waals surface area (Å²) < 4.78 is 1.73. The van der Waals surface area contributed by atoms with Crippen LogP contribution in [0.2, 0.25) is 0 Å². The molecule has 78 valence electrons. The second kappa shape index (κ2) is 3.77. The van der Waals surface area contributed by atoms with Gasteiger partial charge < -0.3 is 5.11 Å². The van der Waals surface area contributed by atoms with Gasteiger partial charge in [0.05, 0.1) is 11.9 Å². The molecule has 0 unspecified atom stereocenters. The second-order valence-electron chi connectivity index (χ2n) is 3.55. The first-order chi connectivity index (χ1) is 7.22. The van der Waals surface area contributed by atoms with Crippen LogP contribution in [0.1, 0.15) is 18.2 Å². The van der Waals surface area contributed by atoms with Gasteiger partial charge in [-0.25, -0.2) is 4.68 Å². The molecule has 1 aromatic carbocycles. The highest BCUT2D eigenvalue weighted by Gasteiger charge is 2.07. The molecule has 0 radical (unpaired) electrons. The Balaban J connectivity index is 2.50. The van der Waals surface area contributed by atoms with Crippen molar-refractivity contribution in [3.8, 4) is 11.4 Å². The van der Waals surface area contributed by atoms with Gasteiger partial charge in [-0.3, -0.25) is 0 Å². The van der Waals surface area contributed by atoms with Gasteiger partial charge in [-0.1, -0.05) is 25.1 Å². The minimum Gasteiger partial charge on any atom is -0.504 e. The summed E-state index contributed by atoms with van der Waals surface area (Å²) in [6.07, 6.45) is 2.39. The van der Waals surface area contributed by atoms with E-state index >= 15 is 0 Å². The molecule has 0 atom stereocenters. The molecule has 1 N–H and O–H groups in total. The molecule has 15 heavy (non-hydrogen) atoms. The van der Waals surface area contributed by atoms with Crippen LogP contribution in [-0.4, -0.2) is 14.9 Å². The Hall–Kier alpha value is -1.77. The lowest BCUT2D eigenvalue weighted by Gasteiger charge is -2.03. The van der Waals surface area contributed by atoms with E-state index in [0.717, 1.165) is 23.4 Å². The topological polar surface area (TPSA) is 38.0 Å². The fourth-order valence-corrected chi connectivity index (χ4v) is 1.60. The summed E-state index contributed by atoms with van der Waals surface area (Å²) in [5.41, 5.74) is 2.88. The largest absolute Gasteiger partial charge is 0.504 e. The van der Waals surface area contributed by atoms with Crippen molar-refractivity contribution in [2.45, 2.75) is 20.3 Å². The molecule has 0 fully saturated rings. The van der Waals surface area contributed by atoms with Gasteiger partial charge in [0.25, 0.3) is 0 Å². The third kappa shape index (κ3) is 1.73. The Morgan fingerprint density at radius 3 is 2.67 bits per heavy atom. The number of nitrogens with zero attached hydrogens (tertiary/aromatic N) is 2. The molecule has 0 spiro atoms. The zero-order valence-corrected chi connectivity index (χ0v) is 8.94. The van der Waals surface area contributed by atoms with Gasteiger partial charge in [0.15, 0.2) is 5.75 Å². The number of aromatic hydroxyl groups is 1. The van der Waals surface area contributed by atoms with Crippen molar-refractivity contribution in [1.29, 1.82) is 0 Å². The Bertz CT molecular complexity index is 474. The molecule has 1 aromatic heterocycles. The Morgan fingerprint density at radius 1 is 1.33 bits per heavy atom. The molecule has 0 saturated heterocycles. The third-order valence-electron chi connectivity index (χ3n) is 2.47. The zero-order chi connectivity index (χ0) is 10.8. The fourth-order valence-electron chi connectivity index (χ4n) is 1.60. The molecule has 2 aromatic rings. The summed E-state index contributed by atoms with van der Waals surface area (Å²) in [5, 5.41) is 13.9. The van der Waals surface area contributed by atoms with Gasteiger partial charge in [0.2, 0.25) is 0 Å². The summed E-state index contributed by atoms with van der Waals surface area (Å²) in [4.78, 5) is 0. The first kappa shape index (κ1) is 9.77. The van der Waals surface area contributed by atoms with E-state index < -0.39 is 0 Å². The molecule has 2 rings (SSSR count). The summed E-state index contributed by atoms with van der Waals surface area (Å²) in [5.74, 6) is 0.265. The van der Waals surface area contributed by atoms with Gasteiger partial charge in [0, 0.05) is 0 Å². The number of benzene rings is 1. The number of para-hydroxylation sites is 1. The van der Waals surface area contributed by atoms with E-state index in [2.05, 4.69) is 5.10 Å². The molecule has 0 aliphatic rings. The Labute approximate surface area is 89.0 Å². The van der Waals surface area contributed by atoms with Crippen LogP contribution in [0.3, 0.4) is 0 Å². The summed E-state index contributed by atoms with van der Waals surface area (Å²) in [6, 6.07) is 7.97. The van der Waals surface area contributed by atoms with Crippen molar-refractivity contribution in [2.24, 2.45) is 0 Å². The Kier molecular flexibility index (Phi) is 2.46. The first-order valence-electron chi connectivity index (χ1n) is 5.06. The molecular formula is C12H14N2O. The van der Waals surface area contributed by atoms with Gasteiger partial charge in [-0.15, -0.1) is 0 Å². The zero-order valence-electron chi connectivity index (χ0n) is 8.94. The smallest absolute Gasteiger partial charge is 0.157 e. The first-order valence-corrected chi connectivity index (χ1v) is 5.06. The van der Waals surface area contributed by atoms with E-state index in [-0.39, 0.29) is 5.75 Å². The third-order valence-corrected chi connectivity index (χ3v) is 2.47. The quantitative estimate of drug-likeness (QED) is 0.812. The Morgan fingerprint density at radius 2 is 2.07 bits per heavy atom.